The van der Waals surface area contributed by atoms with Gasteiger partial charge in [-0.3, -0.25) is 0 Å². The summed E-state index contributed by atoms with van der Waals surface area (Å²) in [6, 6.07) is 9.61. The van der Waals surface area contributed by atoms with Crippen LogP contribution in [0.2, 0.25) is 0 Å². The van der Waals surface area contributed by atoms with Gasteiger partial charge in [-0.25, -0.2) is 0 Å². The Morgan fingerprint density at radius 3 is 2.45 bits per heavy atom. The molecule has 0 spiro atoms. The first-order valence-electron chi connectivity index (χ1n) is 6.44. The van der Waals surface area contributed by atoms with Crippen LogP contribution in [0.5, 0.6) is 11.5 Å². The molecule has 20 heavy (non-hydrogen) atoms. The van der Waals surface area contributed by atoms with E-state index in [1.54, 1.807) is 11.3 Å². The van der Waals surface area contributed by atoms with Crippen LogP contribution in [0.15, 0.2) is 35.7 Å². The summed E-state index contributed by atoms with van der Waals surface area (Å²) in [5.41, 5.74) is 6.38. The van der Waals surface area contributed by atoms with Crippen LogP contribution >= 0.6 is 11.3 Å². The molecule has 0 aliphatic carbocycles. The van der Waals surface area contributed by atoms with E-state index in [0.717, 1.165) is 21.9 Å². The van der Waals surface area contributed by atoms with E-state index in [4.69, 9.17) is 15.2 Å². The molecule has 0 bridgehead atoms. The summed E-state index contributed by atoms with van der Waals surface area (Å²) in [7, 11) is 0. The van der Waals surface area contributed by atoms with E-state index in [0.29, 0.717) is 19.8 Å². The number of benzene rings is 1. The first-order valence-corrected chi connectivity index (χ1v) is 7.32. The monoisotopic (exact) mass is 287 g/mol. The van der Waals surface area contributed by atoms with E-state index >= 15 is 0 Å². The molecule has 0 aliphatic heterocycles. The number of nitrogens with two attached hydrogens (primary N) is 1. The Morgan fingerprint density at radius 1 is 1.10 bits per heavy atom. The minimum Gasteiger partial charge on any atom is -0.494 e. The lowest BCUT2D eigenvalue weighted by Gasteiger charge is -2.07. The minimum atomic E-state index is 0.370. The van der Waals surface area contributed by atoms with Crippen molar-refractivity contribution >= 4 is 11.3 Å². The van der Waals surface area contributed by atoms with Gasteiger partial charge in [0.15, 0.2) is 0 Å². The Morgan fingerprint density at radius 2 is 1.80 bits per heavy atom. The predicted molar refractivity (Wildman–Crippen MR) is 82.2 cm³/mol. The summed E-state index contributed by atoms with van der Waals surface area (Å²) >= 11 is 1.64. The topological polar surface area (TPSA) is 44.5 Å². The van der Waals surface area contributed by atoms with Gasteiger partial charge in [0.1, 0.15) is 18.1 Å². The van der Waals surface area contributed by atoms with E-state index in [2.05, 4.69) is 11.8 Å². The van der Waals surface area contributed by atoms with Gasteiger partial charge in [0, 0.05) is 5.56 Å². The lowest BCUT2D eigenvalue weighted by atomic mass is 10.2. The molecule has 2 rings (SSSR count). The van der Waals surface area contributed by atoms with Crippen molar-refractivity contribution in [2.75, 3.05) is 13.2 Å². The second-order valence-corrected chi connectivity index (χ2v) is 4.96. The lowest BCUT2D eigenvalue weighted by Crippen LogP contribution is -1.96. The van der Waals surface area contributed by atoms with Gasteiger partial charge in [0.2, 0.25) is 0 Å². The zero-order valence-corrected chi connectivity index (χ0v) is 12.2. The Labute approximate surface area is 123 Å². The molecule has 0 aliphatic rings. The summed E-state index contributed by atoms with van der Waals surface area (Å²) in [4.78, 5) is 1.11. The molecule has 1 aromatic carbocycles. The van der Waals surface area contributed by atoms with Crippen LogP contribution in [0.1, 0.15) is 17.4 Å². The van der Waals surface area contributed by atoms with Crippen molar-refractivity contribution in [2.24, 2.45) is 5.73 Å². The van der Waals surface area contributed by atoms with Crippen molar-refractivity contribution in [1.29, 1.82) is 0 Å². The molecule has 2 aromatic rings. The normalized spacial score (nSPS) is 9.70. The van der Waals surface area contributed by atoms with Crippen LogP contribution in [0.3, 0.4) is 0 Å². The molecule has 3 nitrogen and oxygen atoms in total. The van der Waals surface area contributed by atoms with Gasteiger partial charge in [0.05, 0.1) is 18.0 Å². The second kappa shape index (κ2) is 7.59. The van der Waals surface area contributed by atoms with Gasteiger partial charge in [-0.2, -0.15) is 0 Å². The van der Waals surface area contributed by atoms with Gasteiger partial charge in [0.25, 0.3) is 0 Å². The minimum absolute atomic E-state index is 0.370. The van der Waals surface area contributed by atoms with Crippen LogP contribution in [0.25, 0.3) is 0 Å². The van der Waals surface area contributed by atoms with Crippen molar-refractivity contribution < 1.29 is 9.47 Å². The number of rotatable bonds is 5. The third-order valence-electron chi connectivity index (χ3n) is 2.58. The Kier molecular flexibility index (Phi) is 5.48. The molecule has 104 valence electrons. The molecule has 0 radical (unpaired) electrons. The zero-order valence-electron chi connectivity index (χ0n) is 11.4. The van der Waals surface area contributed by atoms with Gasteiger partial charge < -0.3 is 15.2 Å². The fraction of sp³-hybridized carbons (Fsp3) is 0.250. The highest BCUT2D eigenvalue weighted by Gasteiger charge is 2.03. The quantitative estimate of drug-likeness (QED) is 0.860. The third kappa shape index (κ3) is 4.02. The van der Waals surface area contributed by atoms with E-state index in [1.807, 2.05) is 42.6 Å². The van der Waals surface area contributed by atoms with E-state index in [1.165, 1.54) is 0 Å². The molecule has 0 fully saturated rings. The number of hydrogen-bond acceptors (Lipinski definition) is 4. The summed E-state index contributed by atoms with van der Waals surface area (Å²) in [6.45, 7) is 3.51. The molecule has 4 heteroatoms. The Balaban J connectivity index is 1.96. The SMILES string of the molecule is CCOc1ccc(OCc2sccc2C#CCN)cc1. The fourth-order valence-electron chi connectivity index (χ4n) is 1.66. The standard InChI is InChI=1S/C16H17NO2S/c1-2-18-14-5-7-15(8-6-14)19-12-16-13(4-3-10-17)9-11-20-16/h5-9,11H,2,10,12,17H2,1H3. The smallest absolute Gasteiger partial charge is 0.124 e. The third-order valence-corrected chi connectivity index (χ3v) is 3.47. The summed E-state index contributed by atoms with van der Waals surface area (Å²) in [5, 5.41) is 2.01. The lowest BCUT2D eigenvalue weighted by molar-refractivity contribution is 0.307. The molecule has 2 N–H and O–H groups in total. The highest BCUT2D eigenvalue weighted by molar-refractivity contribution is 7.10. The second-order valence-electron chi connectivity index (χ2n) is 3.96. The van der Waals surface area contributed by atoms with Crippen molar-refractivity contribution in [3.63, 3.8) is 0 Å². The summed E-state index contributed by atoms with van der Waals surface area (Å²) in [6.07, 6.45) is 0. The summed E-state index contributed by atoms with van der Waals surface area (Å²) in [5.74, 6) is 7.58. The largest absolute Gasteiger partial charge is 0.494 e. The van der Waals surface area contributed by atoms with Crippen molar-refractivity contribution in [1.82, 2.24) is 0 Å². The van der Waals surface area contributed by atoms with Crippen LogP contribution < -0.4 is 15.2 Å². The van der Waals surface area contributed by atoms with Crippen molar-refractivity contribution in [2.45, 2.75) is 13.5 Å². The Bertz CT molecular complexity index is 593. The molecular weight excluding hydrogens is 270 g/mol. The first kappa shape index (κ1) is 14.4. The van der Waals surface area contributed by atoms with Gasteiger partial charge in [-0.1, -0.05) is 11.8 Å². The molecule has 0 atom stereocenters. The molecular formula is C16H17NO2S. The number of hydrogen-bond donors (Lipinski definition) is 1. The molecule has 0 saturated carbocycles. The summed E-state index contributed by atoms with van der Waals surface area (Å²) < 4.78 is 11.2. The maximum Gasteiger partial charge on any atom is 0.124 e. The van der Waals surface area contributed by atoms with Crippen LogP contribution in [-0.4, -0.2) is 13.2 Å². The molecule has 0 saturated heterocycles. The van der Waals surface area contributed by atoms with E-state index in [-0.39, 0.29) is 0 Å². The van der Waals surface area contributed by atoms with Gasteiger partial charge >= 0.3 is 0 Å². The average Bonchev–Trinajstić information content (AvgIpc) is 2.92. The molecule has 0 amide bonds. The first-order chi connectivity index (χ1) is 9.83. The number of ether oxygens (including phenoxy) is 2. The molecule has 1 aromatic heterocycles. The predicted octanol–water partition coefficient (Wildman–Crippen LogP) is 3.04. The maximum absolute atomic E-state index is 5.76. The average molecular weight is 287 g/mol. The maximum atomic E-state index is 5.76. The van der Waals surface area contributed by atoms with Crippen LogP contribution in [0.4, 0.5) is 0 Å². The van der Waals surface area contributed by atoms with Crippen molar-refractivity contribution in [3.8, 4) is 23.3 Å². The highest BCUT2D eigenvalue weighted by atomic mass is 32.1. The zero-order chi connectivity index (χ0) is 14.2. The van der Waals surface area contributed by atoms with Gasteiger partial charge in [-0.15, -0.1) is 11.3 Å². The van der Waals surface area contributed by atoms with Crippen LogP contribution in [0, 0.1) is 11.8 Å². The van der Waals surface area contributed by atoms with Gasteiger partial charge in [-0.05, 0) is 42.6 Å². The van der Waals surface area contributed by atoms with E-state index in [9.17, 15) is 0 Å². The molecule has 0 unspecified atom stereocenters. The number of thiophene rings is 1. The highest BCUT2D eigenvalue weighted by Crippen LogP contribution is 2.21. The molecule has 1 heterocycles. The van der Waals surface area contributed by atoms with Crippen molar-refractivity contribution in [3.05, 3.63) is 46.2 Å². The fourth-order valence-corrected chi connectivity index (χ4v) is 2.40. The van der Waals surface area contributed by atoms with Crippen LogP contribution in [-0.2, 0) is 6.61 Å². The van der Waals surface area contributed by atoms with E-state index < -0.39 is 0 Å². The Hall–Kier alpha value is -1.96.